The van der Waals surface area contributed by atoms with E-state index in [2.05, 4.69) is 38.5 Å². The Bertz CT molecular complexity index is 1270. The number of hydrogen-bond donors (Lipinski definition) is 3. The lowest BCUT2D eigenvalue weighted by molar-refractivity contribution is -0.120. The Kier molecular flexibility index (Phi) is 4.70. The molecule has 32 heavy (non-hydrogen) atoms. The number of hydrogen-bond acceptors (Lipinski definition) is 4. The molecule has 164 valence electrons. The van der Waals surface area contributed by atoms with Gasteiger partial charge in [0.1, 0.15) is 16.5 Å². The van der Waals surface area contributed by atoms with E-state index in [0.29, 0.717) is 33.4 Å². The number of fused-ring (bicyclic) bond motifs is 2. The predicted octanol–water partition coefficient (Wildman–Crippen LogP) is 3.75. The van der Waals surface area contributed by atoms with Crippen LogP contribution in [0.2, 0.25) is 0 Å². The maximum Gasteiger partial charge on any atom is 0.323 e. The Hall–Kier alpha value is -3.40. The monoisotopic (exact) mass is 496 g/mol. The van der Waals surface area contributed by atoms with Crippen molar-refractivity contribution in [1.29, 1.82) is 0 Å². The van der Waals surface area contributed by atoms with Crippen molar-refractivity contribution in [2.45, 2.75) is 31.8 Å². The number of carbonyl (C=O) groups is 3. The van der Waals surface area contributed by atoms with Crippen molar-refractivity contribution in [3.63, 3.8) is 0 Å². The van der Waals surface area contributed by atoms with Crippen molar-refractivity contribution in [1.82, 2.24) is 14.5 Å². The van der Waals surface area contributed by atoms with E-state index >= 15 is 0 Å². The highest BCUT2D eigenvalue weighted by Gasteiger charge is 2.64. The smallest absolute Gasteiger partial charge is 0.323 e. The van der Waals surface area contributed by atoms with E-state index < -0.39 is 12.1 Å². The lowest BCUT2D eigenvalue weighted by Crippen LogP contribution is -2.47. The van der Waals surface area contributed by atoms with Gasteiger partial charge in [-0.1, -0.05) is 31.2 Å². The molecule has 1 aliphatic carbocycles. The Labute approximate surface area is 192 Å². The SMILES string of the molecule is C[C@]12C[C@@H]1N(C(=O)Nc1cn(C(N)=O)c3ccccc13)[C@H](C(=O)Nc1cccc(Br)n1)C2. The Morgan fingerprint density at radius 3 is 2.66 bits per heavy atom. The molecule has 1 saturated heterocycles. The van der Waals surface area contributed by atoms with Crippen molar-refractivity contribution >= 4 is 56.3 Å². The summed E-state index contributed by atoms with van der Waals surface area (Å²) in [7, 11) is 0. The van der Waals surface area contributed by atoms with E-state index in [-0.39, 0.29) is 23.4 Å². The topological polar surface area (TPSA) is 122 Å². The number of halogens is 1. The van der Waals surface area contributed by atoms with Crippen LogP contribution in [0.1, 0.15) is 19.8 Å². The van der Waals surface area contributed by atoms with Gasteiger partial charge >= 0.3 is 12.1 Å². The maximum absolute atomic E-state index is 13.3. The molecule has 2 aliphatic rings. The zero-order valence-electron chi connectivity index (χ0n) is 17.2. The summed E-state index contributed by atoms with van der Waals surface area (Å²) in [6.07, 6.45) is 2.93. The third-order valence-electron chi connectivity index (χ3n) is 6.33. The lowest BCUT2D eigenvalue weighted by Gasteiger charge is -2.26. The van der Waals surface area contributed by atoms with Gasteiger partial charge in [0.2, 0.25) is 5.91 Å². The first-order chi connectivity index (χ1) is 15.3. The molecule has 2 fully saturated rings. The molecule has 0 unspecified atom stereocenters. The molecule has 10 heteroatoms. The van der Waals surface area contributed by atoms with Gasteiger partial charge in [-0.2, -0.15) is 0 Å². The molecule has 0 spiro atoms. The van der Waals surface area contributed by atoms with E-state index in [9.17, 15) is 14.4 Å². The summed E-state index contributed by atoms with van der Waals surface area (Å²) in [5.74, 6) is 0.138. The number of nitrogens with one attached hydrogen (secondary N) is 2. The summed E-state index contributed by atoms with van der Waals surface area (Å²) < 4.78 is 1.90. The maximum atomic E-state index is 13.3. The van der Waals surface area contributed by atoms with Crippen molar-refractivity contribution in [2.24, 2.45) is 11.1 Å². The van der Waals surface area contributed by atoms with E-state index in [0.717, 1.165) is 6.42 Å². The zero-order chi connectivity index (χ0) is 22.6. The summed E-state index contributed by atoms with van der Waals surface area (Å²) in [4.78, 5) is 44.0. The molecular formula is C22H21BrN6O3. The first-order valence-electron chi connectivity index (χ1n) is 10.2. The molecule has 3 atom stereocenters. The third-order valence-corrected chi connectivity index (χ3v) is 6.77. The van der Waals surface area contributed by atoms with Crippen LogP contribution in [0, 0.1) is 5.41 Å². The van der Waals surface area contributed by atoms with Crippen LogP contribution in [-0.2, 0) is 4.79 Å². The number of nitrogens with zero attached hydrogens (tertiary/aromatic N) is 3. The molecule has 1 saturated carbocycles. The molecule has 0 radical (unpaired) electrons. The normalized spacial score (nSPS) is 23.6. The quantitative estimate of drug-likeness (QED) is 0.477. The Morgan fingerprint density at radius 2 is 1.91 bits per heavy atom. The fraction of sp³-hybridized carbons (Fsp3) is 0.273. The number of primary amides is 1. The number of benzene rings is 1. The molecule has 2 aromatic heterocycles. The van der Waals surface area contributed by atoms with Gasteiger partial charge < -0.3 is 21.3 Å². The van der Waals surface area contributed by atoms with Gasteiger partial charge in [0, 0.05) is 17.6 Å². The van der Waals surface area contributed by atoms with E-state index in [4.69, 9.17) is 5.73 Å². The van der Waals surface area contributed by atoms with Gasteiger partial charge in [-0.05, 0) is 52.4 Å². The minimum Gasteiger partial charge on any atom is -0.351 e. The van der Waals surface area contributed by atoms with Crippen LogP contribution in [0.15, 0.2) is 53.3 Å². The number of amides is 4. The first-order valence-corrected chi connectivity index (χ1v) is 11.0. The number of aromatic nitrogens is 2. The van der Waals surface area contributed by atoms with Crippen LogP contribution in [0.25, 0.3) is 10.9 Å². The molecule has 3 heterocycles. The van der Waals surface area contributed by atoms with Crippen molar-refractivity contribution in [2.75, 3.05) is 10.6 Å². The standard InChI is InChI=1S/C22H21BrN6O3/c1-22-9-15(19(30)27-18-8-4-7-17(23)26-18)29(16(22)10-22)21(32)25-13-11-28(20(24)31)14-6-3-2-5-12(13)14/h2-8,11,15-16H,9-10H2,1H3,(H2,24,31)(H,25,32)(H,26,27,30)/t15-,16-,22-/m0/s1. The highest BCUT2D eigenvalue weighted by Crippen LogP contribution is 2.59. The summed E-state index contributed by atoms with van der Waals surface area (Å²) >= 11 is 3.29. The van der Waals surface area contributed by atoms with Gasteiger partial charge in [-0.25, -0.2) is 14.6 Å². The number of para-hydroxylation sites is 1. The van der Waals surface area contributed by atoms with E-state index in [1.807, 2.05) is 6.07 Å². The summed E-state index contributed by atoms with van der Waals surface area (Å²) in [5.41, 5.74) is 6.46. The van der Waals surface area contributed by atoms with Crippen LogP contribution in [-0.4, -0.2) is 44.5 Å². The highest BCUT2D eigenvalue weighted by molar-refractivity contribution is 9.10. The van der Waals surface area contributed by atoms with Crippen molar-refractivity contribution < 1.29 is 14.4 Å². The molecule has 3 aromatic rings. The number of piperidine rings is 1. The van der Waals surface area contributed by atoms with E-state index in [1.165, 1.54) is 10.8 Å². The number of rotatable bonds is 3. The Balaban J connectivity index is 1.40. The molecule has 9 nitrogen and oxygen atoms in total. The predicted molar refractivity (Wildman–Crippen MR) is 123 cm³/mol. The summed E-state index contributed by atoms with van der Waals surface area (Å²) in [6, 6.07) is 10.7. The number of carbonyl (C=O) groups excluding carboxylic acids is 3. The number of pyridine rings is 1. The second-order valence-corrected chi connectivity index (χ2v) is 9.35. The average Bonchev–Trinajstić information content (AvgIpc) is 3.12. The van der Waals surface area contributed by atoms with Gasteiger partial charge in [0.15, 0.2) is 0 Å². The third kappa shape index (κ3) is 3.40. The largest absolute Gasteiger partial charge is 0.351 e. The van der Waals surface area contributed by atoms with Gasteiger partial charge in [0.25, 0.3) is 0 Å². The Morgan fingerprint density at radius 1 is 1.12 bits per heavy atom. The van der Waals surface area contributed by atoms with Crippen molar-refractivity contribution in [3.05, 3.63) is 53.3 Å². The minimum atomic E-state index is -0.642. The number of likely N-dealkylation sites (tertiary alicyclic amines) is 1. The molecule has 4 N–H and O–H groups in total. The van der Waals surface area contributed by atoms with Crippen LogP contribution in [0.4, 0.5) is 21.1 Å². The highest BCUT2D eigenvalue weighted by atomic mass is 79.9. The average molecular weight is 497 g/mol. The molecule has 1 aliphatic heterocycles. The fourth-order valence-electron chi connectivity index (χ4n) is 4.62. The second kappa shape index (κ2) is 7.33. The molecule has 0 bridgehead atoms. The molecular weight excluding hydrogens is 476 g/mol. The number of nitrogens with two attached hydrogens (primary N) is 1. The first kappa shape index (κ1) is 20.5. The lowest BCUT2D eigenvalue weighted by atomic mass is 10.0. The van der Waals surface area contributed by atoms with E-state index in [1.54, 1.807) is 41.3 Å². The second-order valence-electron chi connectivity index (χ2n) is 8.53. The molecule has 1 aromatic carbocycles. The van der Waals surface area contributed by atoms with Crippen molar-refractivity contribution in [3.8, 4) is 0 Å². The summed E-state index contributed by atoms with van der Waals surface area (Å²) in [6.45, 7) is 2.08. The van der Waals surface area contributed by atoms with Crippen LogP contribution < -0.4 is 16.4 Å². The molecule has 4 amide bonds. The minimum absolute atomic E-state index is 0.0155. The number of urea groups is 1. The van der Waals surface area contributed by atoms with Crippen LogP contribution in [0.5, 0.6) is 0 Å². The van der Waals surface area contributed by atoms with Gasteiger partial charge in [-0.3, -0.25) is 9.36 Å². The number of anilines is 2. The molecule has 5 rings (SSSR count). The van der Waals surface area contributed by atoms with Crippen LogP contribution in [0.3, 0.4) is 0 Å². The van der Waals surface area contributed by atoms with Gasteiger partial charge in [-0.15, -0.1) is 0 Å². The van der Waals surface area contributed by atoms with Crippen LogP contribution >= 0.6 is 15.9 Å². The summed E-state index contributed by atoms with van der Waals surface area (Å²) in [5, 5.41) is 6.39. The fourth-order valence-corrected chi connectivity index (χ4v) is 4.97. The van der Waals surface area contributed by atoms with Gasteiger partial charge in [0.05, 0.1) is 11.2 Å². The zero-order valence-corrected chi connectivity index (χ0v) is 18.8.